The van der Waals surface area contributed by atoms with E-state index < -0.39 is 0 Å². The van der Waals surface area contributed by atoms with Crippen LogP contribution in [-0.2, 0) is 0 Å². The lowest BCUT2D eigenvalue weighted by atomic mass is 10.1. The van der Waals surface area contributed by atoms with Gasteiger partial charge in [0.05, 0.1) is 0 Å². The summed E-state index contributed by atoms with van der Waals surface area (Å²) in [5.74, 6) is 0.725. The lowest BCUT2D eigenvalue weighted by molar-refractivity contribution is 0.432. The zero-order chi connectivity index (χ0) is 13.0. The van der Waals surface area contributed by atoms with Crippen LogP contribution >= 0.6 is 34.9 Å². The van der Waals surface area contributed by atoms with Crippen LogP contribution in [0.25, 0.3) is 0 Å². The van der Waals surface area contributed by atoms with Gasteiger partial charge in [0, 0.05) is 11.3 Å². The molecule has 1 aromatic heterocycles. The highest BCUT2D eigenvalue weighted by molar-refractivity contribution is 8.03. The summed E-state index contributed by atoms with van der Waals surface area (Å²) < 4.78 is 2.20. The van der Waals surface area contributed by atoms with Crippen LogP contribution in [0.15, 0.2) is 8.68 Å². The number of thioether (sulfide) groups is 2. The van der Waals surface area contributed by atoms with E-state index in [0.29, 0.717) is 11.3 Å². The van der Waals surface area contributed by atoms with Gasteiger partial charge in [-0.25, -0.2) is 0 Å². The summed E-state index contributed by atoms with van der Waals surface area (Å²) in [6, 6.07) is 0.690. The Bertz CT molecular complexity index is 369. The van der Waals surface area contributed by atoms with Crippen molar-refractivity contribution in [3.63, 3.8) is 0 Å². The third-order valence-corrected chi connectivity index (χ3v) is 6.94. The molecule has 0 bridgehead atoms. The number of aromatic nitrogens is 2. The molecule has 1 N–H and O–H groups in total. The van der Waals surface area contributed by atoms with Gasteiger partial charge in [-0.05, 0) is 38.0 Å². The average Bonchev–Trinajstić information content (AvgIpc) is 2.96. The molecular formula is C12H21N3S3. The summed E-state index contributed by atoms with van der Waals surface area (Å²) in [6.45, 7) is 5.74. The van der Waals surface area contributed by atoms with Crippen molar-refractivity contribution < 1.29 is 0 Å². The number of hydrogen-bond donors (Lipinski definition) is 1. The summed E-state index contributed by atoms with van der Waals surface area (Å²) in [5, 5.41) is 12.8. The van der Waals surface area contributed by atoms with Crippen LogP contribution in [0, 0.1) is 5.92 Å². The predicted molar refractivity (Wildman–Crippen MR) is 81.8 cm³/mol. The Labute approximate surface area is 122 Å². The van der Waals surface area contributed by atoms with Crippen LogP contribution in [-0.4, -0.2) is 34.3 Å². The highest BCUT2D eigenvalue weighted by Crippen LogP contribution is 2.40. The standard InChI is InChI=1S/C12H21N3S3/c1-4-7-13-9-5-6-10(8(9)2)17-12-15-14-11(16-3)18-12/h8-10,13H,4-7H2,1-3H3. The van der Waals surface area contributed by atoms with E-state index >= 15 is 0 Å². The highest BCUT2D eigenvalue weighted by Gasteiger charge is 2.33. The molecule has 1 aliphatic rings. The molecule has 102 valence electrons. The molecule has 3 unspecified atom stereocenters. The Hall–Kier alpha value is 0.220. The first-order valence-corrected chi connectivity index (χ1v) is 9.44. The van der Waals surface area contributed by atoms with Gasteiger partial charge in [0.25, 0.3) is 0 Å². The van der Waals surface area contributed by atoms with Crippen LogP contribution in [0.4, 0.5) is 0 Å². The average molecular weight is 304 g/mol. The van der Waals surface area contributed by atoms with Gasteiger partial charge < -0.3 is 5.32 Å². The summed E-state index contributed by atoms with van der Waals surface area (Å²) >= 11 is 5.33. The molecule has 2 rings (SSSR count). The minimum atomic E-state index is 0.690. The Morgan fingerprint density at radius 1 is 1.33 bits per heavy atom. The summed E-state index contributed by atoms with van der Waals surface area (Å²) in [5.41, 5.74) is 0. The number of rotatable bonds is 6. The SMILES string of the molecule is CCCNC1CCC(Sc2nnc(SC)s2)C1C. The number of nitrogens with one attached hydrogen (secondary N) is 1. The van der Waals surface area contributed by atoms with Gasteiger partial charge in [0.2, 0.25) is 0 Å². The van der Waals surface area contributed by atoms with Gasteiger partial charge in [-0.15, -0.1) is 10.2 Å². The molecule has 1 saturated carbocycles. The van der Waals surface area contributed by atoms with Gasteiger partial charge in [0.15, 0.2) is 8.68 Å². The van der Waals surface area contributed by atoms with Crippen LogP contribution in [0.2, 0.25) is 0 Å². The van der Waals surface area contributed by atoms with E-state index in [2.05, 4.69) is 35.6 Å². The Balaban J connectivity index is 1.87. The van der Waals surface area contributed by atoms with Gasteiger partial charge in [0.1, 0.15) is 0 Å². The maximum absolute atomic E-state index is 4.26. The summed E-state index contributed by atoms with van der Waals surface area (Å²) in [7, 11) is 0. The molecular weight excluding hydrogens is 282 g/mol. The first kappa shape index (κ1) is 14.6. The molecule has 0 spiro atoms. The van der Waals surface area contributed by atoms with Crippen molar-refractivity contribution >= 4 is 34.9 Å². The van der Waals surface area contributed by atoms with Crippen molar-refractivity contribution in [3.05, 3.63) is 0 Å². The third kappa shape index (κ3) is 3.62. The third-order valence-electron chi connectivity index (χ3n) is 3.45. The number of nitrogens with zero attached hydrogens (tertiary/aromatic N) is 2. The van der Waals surface area contributed by atoms with E-state index in [1.165, 1.54) is 19.3 Å². The largest absolute Gasteiger partial charge is 0.314 e. The normalized spacial score (nSPS) is 27.8. The van der Waals surface area contributed by atoms with Crippen molar-refractivity contribution in [2.75, 3.05) is 12.8 Å². The van der Waals surface area contributed by atoms with Crippen LogP contribution in [0.1, 0.15) is 33.1 Å². The Kier molecular flexibility index (Phi) is 5.79. The molecule has 1 aliphatic carbocycles. The van der Waals surface area contributed by atoms with Crippen LogP contribution < -0.4 is 5.32 Å². The zero-order valence-electron chi connectivity index (χ0n) is 11.2. The molecule has 1 heterocycles. The fourth-order valence-corrected chi connectivity index (χ4v) is 5.34. The molecule has 0 amide bonds. The van der Waals surface area contributed by atoms with Crippen molar-refractivity contribution in [3.8, 4) is 0 Å². The second kappa shape index (κ2) is 7.12. The molecule has 1 fully saturated rings. The summed E-state index contributed by atoms with van der Waals surface area (Å²) in [6.07, 6.45) is 5.86. The van der Waals surface area contributed by atoms with E-state index in [-0.39, 0.29) is 0 Å². The van der Waals surface area contributed by atoms with E-state index in [1.807, 2.05) is 11.8 Å². The topological polar surface area (TPSA) is 37.8 Å². The summed E-state index contributed by atoms with van der Waals surface area (Å²) in [4.78, 5) is 0. The van der Waals surface area contributed by atoms with Crippen LogP contribution in [0.3, 0.4) is 0 Å². The minimum absolute atomic E-state index is 0.690. The molecule has 6 heteroatoms. The molecule has 0 aromatic carbocycles. The second-order valence-corrected chi connectivity index (χ2v) is 8.21. The van der Waals surface area contributed by atoms with Crippen molar-refractivity contribution in [2.45, 2.75) is 53.1 Å². The van der Waals surface area contributed by atoms with E-state index in [4.69, 9.17) is 0 Å². The predicted octanol–water partition coefficient (Wildman–Crippen LogP) is 3.52. The number of hydrogen-bond acceptors (Lipinski definition) is 6. The first-order valence-electron chi connectivity index (χ1n) is 6.52. The fourth-order valence-electron chi connectivity index (χ4n) is 2.37. The molecule has 0 saturated heterocycles. The van der Waals surface area contributed by atoms with Crippen molar-refractivity contribution in [2.24, 2.45) is 5.92 Å². The molecule has 0 radical (unpaired) electrons. The fraction of sp³-hybridized carbons (Fsp3) is 0.833. The lowest BCUT2D eigenvalue weighted by Gasteiger charge is -2.20. The lowest BCUT2D eigenvalue weighted by Crippen LogP contribution is -2.33. The van der Waals surface area contributed by atoms with Gasteiger partial charge >= 0.3 is 0 Å². The monoisotopic (exact) mass is 303 g/mol. The highest BCUT2D eigenvalue weighted by atomic mass is 32.2. The van der Waals surface area contributed by atoms with E-state index in [0.717, 1.165) is 21.1 Å². The molecule has 18 heavy (non-hydrogen) atoms. The minimum Gasteiger partial charge on any atom is -0.314 e. The molecule has 0 aliphatic heterocycles. The van der Waals surface area contributed by atoms with Crippen LogP contribution in [0.5, 0.6) is 0 Å². The second-order valence-electron chi connectivity index (χ2n) is 4.69. The van der Waals surface area contributed by atoms with Gasteiger partial charge in [-0.2, -0.15) is 0 Å². The maximum Gasteiger partial charge on any atom is 0.175 e. The van der Waals surface area contributed by atoms with E-state index in [9.17, 15) is 0 Å². The Morgan fingerprint density at radius 3 is 2.78 bits per heavy atom. The zero-order valence-corrected chi connectivity index (χ0v) is 13.6. The molecule has 1 aromatic rings. The maximum atomic E-state index is 4.26. The quantitative estimate of drug-likeness (QED) is 0.814. The first-order chi connectivity index (χ1) is 8.74. The molecule has 3 atom stereocenters. The van der Waals surface area contributed by atoms with E-state index in [1.54, 1.807) is 23.1 Å². The van der Waals surface area contributed by atoms with Gasteiger partial charge in [-0.1, -0.05) is 48.7 Å². The van der Waals surface area contributed by atoms with Crippen molar-refractivity contribution in [1.82, 2.24) is 15.5 Å². The molecule has 3 nitrogen and oxygen atoms in total. The smallest absolute Gasteiger partial charge is 0.175 e. The Morgan fingerprint density at radius 2 is 2.11 bits per heavy atom. The van der Waals surface area contributed by atoms with Crippen molar-refractivity contribution in [1.29, 1.82) is 0 Å². The van der Waals surface area contributed by atoms with Gasteiger partial charge in [-0.3, -0.25) is 0 Å².